The van der Waals surface area contributed by atoms with Gasteiger partial charge in [0.2, 0.25) is 0 Å². The molecule has 0 aromatic carbocycles. The standard InChI is InChI=1S/C18H22N6O/c1-12-4-8-23(18(25)22-6-2-7-22)11-14(12)17-21-10-13-9-20-16-15(24(13)17)3-5-19-16/h3,5,9-10,12,14,19H,2,4,6-8,11H2,1H3. The van der Waals surface area contributed by atoms with Gasteiger partial charge >= 0.3 is 6.03 Å². The number of H-pyrrole nitrogens is 1. The van der Waals surface area contributed by atoms with Crippen molar-refractivity contribution in [3.05, 3.63) is 30.5 Å². The first-order valence-electron chi connectivity index (χ1n) is 9.05. The van der Waals surface area contributed by atoms with Gasteiger partial charge in [0.25, 0.3) is 0 Å². The summed E-state index contributed by atoms with van der Waals surface area (Å²) in [4.78, 5) is 29.0. The summed E-state index contributed by atoms with van der Waals surface area (Å²) in [5.74, 6) is 1.77. The van der Waals surface area contributed by atoms with Crippen molar-refractivity contribution >= 4 is 22.7 Å². The zero-order valence-electron chi connectivity index (χ0n) is 14.4. The zero-order valence-corrected chi connectivity index (χ0v) is 14.4. The second kappa shape index (κ2) is 5.47. The minimum atomic E-state index is 0.192. The van der Waals surface area contributed by atoms with Crippen molar-refractivity contribution in [2.45, 2.75) is 25.7 Å². The molecule has 7 nitrogen and oxygen atoms in total. The van der Waals surface area contributed by atoms with Crippen LogP contribution >= 0.6 is 0 Å². The van der Waals surface area contributed by atoms with Crippen LogP contribution in [0.25, 0.3) is 16.7 Å². The number of carbonyl (C=O) groups is 1. The molecule has 7 heteroatoms. The van der Waals surface area contributed by atoms with Gasteiger partial charge in [0.15, 0.2) is 5.65 Å². The molecule has 5 heterocycles. The first-order chi connectivity index (χ1) is 12.2. The number of hydrogen-bond acceptors (Lipinski definition) is 3. The van der Waals surface area contributed by atoms with Crippen molar-refractivity contribution < 1.29 is 4.79 Å². The summed E-state index contributed by atoms with van der Waals surface area (Å²) in [7, 11) is 0. The number of carbonyl (C=O) groups excluding carboxylic acids is 1. The Hall–Kier alpha value is -2.57. The molecular formula is C18H22N6O. The van der Waals surface area contributed by atoms with E-state index in [9.17, 15) is 4.79 Å². The number of piperidine rings is 1. The van der Waals surface area contributed by atoms with Gasteiger partial charge in [-0.1, -0.05) is 6.92 Å². The fraction of sp³-hybridized carbons (Fsp3) is 0.500. The number of imidazole rings is 1. The first-order valence-corrected chi connectivity index (χ1v) is 9.05. The summed E-state index contributed by atoms with van der Waals surface area (Å²) < 4.78 is 2.19. The Morgan fingerprint density at radius 3 is 2.84 bits per heavy atom. The topological polar surface area (TPSA) is 69.5 Å². The van der Waals surface area contributed by atoms with Crippen molar-refractivity contribution in [3.8, 4) is 0 Å². The maximum Gasteiger partial charge on any atom is 0.320 e. The minimum Gasteiger partial charge on any atom is -0.345 e. The highest BCUT2D eigenvalue weighted by Gasteiger charge is 2.35. The predicted molar refractivity (Wildman–Crippen MR) is 94.5 cm³/mol. The summed E-state index contributed by atoms with van der Waals surface area (Å²) in [6.07, 6.45) is 7.79. The third kappa shape index (κ3) is 2.22. The van der Waals surface area contributed by atoms with Crippen LogP contribution in [0.15, 0.2) is 24.7 Å². The van der Waals surface area contributed by atoms with E-state index in [2.05, 4.69) is 21.3 Å². The van der Waals surface area contributed by atoms with Crippen molar-refractivity contribution in [2.24, 2.45) is 5.92 Å². The monoisotopic (exact) mass is 338 g/mol. The van der Waals surface area contributed by atoms with Crippen LogP contribution in [-0.4, -0.2) is 61.4 Å². The lowest BCUT2D eigenvalue weighted by molar-refractivity contribution is 0.104. The molecule has 130 valence electrons. The maximum absolute atomic E-state index is 12.6. The molecule has 2 saturated heterocycles. The summed E-state index contributed by atoms with van der Waals surface area (Å²) in [5.41, 5.74) is 2.91. The van der Waals surface area contributed by atoms with Gasteiger partial charge in [0.05, 0.1) is 23.4 Å². The van der Waals surface area contributed by atoms with Gasteiger partial charge in [-0.15, -0.1) is 0 Å². The van der Waals surface area contributed by atoms with Gasteiger partial charge < -0.3 is 14.8 Å². The molecule has 2 fully saturated rings. The fourth-order valence-corrected chi connectivity index (χ4v) is 4.05. The second-order valence-corrected chi connectivity index (χ2v) is 7.29. The average molecular weight is 338 g/mol. The van der Waals surface area contributed by atoms with Gasteiger partial charge in [-0.05, 0) is 24.8 Å². The Morgan fingerprint density at radius 1 is 1.20 bits per heavy atom. The third-order valence-electron chi connectivity index (χ3n) is 5.77. The van der Waals surface area contributed by atoms with E-state index < -0.39 is 0 Å². The molecule has 0 aliphatic carbocycles. The van der Waals surface area contributed by atoms with Gasteiger partial charge in [0, 0.05) is 38.3 Å². The molecule has 5 rings (SSSR count). The number of aromatic amines is 1. The number of hydrogen-bond donors (Lipinski definition) is 1. The molecule has 2 amide bonds. The summed E-state index contributed by atoms with van der Waals surface area (Å²) >= 11 is 0. The molecule has 0 spiro atoms. The molecule has 0 saturated carbocycles. The van der Waals surface area contributed by atoms with E-state index in [4.69, 9.17) is 4.98 Å². The van der Waals surface area contributed by atoms with E-state index in [0.717, 1.165) is 61.5 Å². The number of aromatic nitrogens is 4. The van der Waals surface area contributed by atoms with Gasteiger partial charge in [-0.2, -0.15) is 0 Å². The predicted octanol–water partition coefficient (Wildman–Crippen LogP) is 2.46. The summed E-state index contributed by atoms with van der Waals surface area (Å²) in [5, 5.41) is 0. The molecule has 3 aromatic heterocycles. The lowest BCUT2D eigenvalue weighted by Gasteiger charge is -2.41. The normalized spacial score (nSPS) is 24.0. The van der Waals surface area contributed by atoms with Crippen LogP contribution in [0, 0.1) is 5.92 Å². The van der Waals surface area contributed by atoms with E-state index in [0.29, 0.717) is 5.92 Å². The van der Waals surface area contributed by atoms with E-state index in [1.165, 1.54) is 0 Å². The lowest BCUT2D eigenvalue weighted by Crippen LogP contribution is -2.53. The van der Waals surface area contributed by atoms with Crippen molar-refractivity contribution in [1.29, 1.82) is 0 Å². The van der Waals surface area contributed by atoms with Crippen LogP contribution in [0.1, 0.15) is 31.5 Å². The quantitative estimate of drug-likeness (QED) is 0.741. The molecule has 2 aliphatic rings. The highest BCUT2D eigenvalue weighted by molar-refractivity contribution is 5.76. The van der Waals surface area contributed by atoms with Crippen LogP contribution in [0.3, 0.4) is 0 Å². The maximum atomic E-state index is 12.6. The molecule has 2 unspecified atom stereocenters. The van der Waals surface area contributed by atoms with E-state index in [1.54, 1.807) is 0 Å². The van der Waals surface area contributed by atoms with Crippen LogP contribution in [-0.2, 0) is 0 Å². The van der Waals surface area contributed by atoms with Crippen LogP contribution in [0.5, 0.6) is 0 Å². The Kier molecular flexibility index (Phi) is 3.23. The Morgan fingerprint density at radius 2 is 2.04 bits per heavy atom. The molecule has 0 bridgehead atoms. The lowest BCUT2D eigenvalue weighted by atomic mass is 9.86. The molecule has 2 aliphatic heterocycles. The van der Waals surface area contributed by atoms with E-state index in [-0.39, 0.29) is 11.9 Å². The molecule has 1 N–H and O–H groups in total. The highest BCUT2D eigenvalue weighted by atomic mass is 16.2. The number of nitrogens with zero attached hydrogens (tertiary/aromatic N) is 5. The molecular weight excluding hydrogens is 316 g/mol. The summed E-state index contributed by atoms with van der Waals surface area (Å²) in [6.45, 7) is 5.66. The minimum absolute atomic E-state index is 0.192. The third-order valence-corrected chi connectivity index (χ3v) is 5.77. The Balaban J connectivity index is 1.53. The number of amides is 2. The first kappa shape index (κ1) is 14.7. The fourth-order valence-electron chi connectivity index (χ4n) is 4.05. The van der Waals surface area contributed by atoms with Crippen molar-refractivity contribution in [2.75, 3.05) is 26.2 Å². The Bertz CT molecular complexity index is 939. The number of rotatable bonds is 1. The number of urea groups is 1. The molecule has 2 atom stereocenters. The zero-order chi connectivity index (χ0) is 17.0. The summed E-state index contributed by atoms with van der Waals surface area (Å²) in [6, 6.07) is 2.23. The van der Waals surface area contributed by atoms with Gasteiger partial charge in [0.1, 0.15) is 5.82 Å². The van der Waals surface area contributed by atoms with Crippen LogP contribution in [0.4, 0.5) is 4.79 Å². The van der Waals surface area contributed by atoms with Gasteiger partial charge in [-0.3, -0.25) is 4.40 Å². The van der Waals surface area contributed by atoms with E-state index >= 15 is 0 Å². The second-order valence-electron chi connectivity index (χ2n) is 7.29. The highest BCUT2D eigenvalue weighted by Crippen LogP contribution is 2.33. The number of nitrogens with one attached hydrogen (secondary N) is 1. The SMILES string of the molecule is CC1CCN(C(=O)N2CCC2)CC1c1ncc2cnc3[nH]ccc3n12. The smallest absolute Gasteiger partial charge is 0.320 e. The molecule has 25 heavy (non-hydrogen) atoms. The van der Waals surface area contributed by atoms with Crippen molar-refractivity contribution in [3.63, 3.8) is 0 Å². The number of fused-ring (bicyclic) bond motifs is 3. The largest absolute Gasteiger partial charge is 0.345 e. The van der Waals surface area contributed by atoms with Crippen LogP contribution in [0.2, 0.25) is 0 Å². The van der Waals surface area contributed by atoms with Crippen LogP contribution < -0.4 is 0 Å². The van der Waals surface area contributed by atoms with Crippen molar-refractivity contribution in [1.82, 2.24) is 29.2 Å². The average Bonchev–Trinajstić information content (AvgIpc) is 3.19. The van der Waals surface area contributed by atoms with Gasteiger partial charge in [-0.25, -0.2) is 14.8 Å². The molecule has 0 radical (unpaired) electrons. The number of likely N-dealkylation sites (tertiary alicyclic amines) is 2. The molecule has 3 aromatic rings. The van der Waals surface area contributed by atoms with E-state index in [1.807, 2.05) is 34.5 Å². The Labute approximate surface area is 145 Å².